The largest absolute Gasteiger partial charge is 0.341 e. The topological polar surface area (TPSA) is 95.6 Å². The van der Waals surface area contributed by atoms with Crippen molar-refractivity contribution in [2.45, 2.75) is 38.8 Å². The first-order chi connectivity index (χ1) is 12.8. The van der Waals surface area contributed by atoms with Crippen molar-refractivity contribution in [3.63, 3.8) is 0 Å². The van der Waals surface area contributed by atoms with Crippen molar-refractivity contribution in [3.05, 3.63) is 29.8 Å². The third-order valence-electron chi connectivity index (χ3n) is 4.81. The molecule has 0 spiro atoms. The molecule has 1 aromatic carbocycles. The molecule has 0 bridgehead atoms. The molecule has 1 aromatic rings. The molecule has 2 N–H and O–H groups in total. The summed E-state index contributed by atoms with van der Waals surface area (Å²) in [4.78, 5) is 49.9. The molecule has 2 aliphatic heterocycles. The van der Waals surface area contributed by atoms with Gasteiger partial charge in [0.2, 0.25) is 16.9 Å². The number of benzene rings is 1. The summed E-state index contributed by atoms with van der Waals surface area (Å²) in [5, 5.41) is 5.53. The zero-order chi connectivity index (χ0) is 19.6. The summed E-state index contributed by atoms with van der Waals surface area (Å²) < 4.78 is 0. The molecular weight excluding hydrogens is 366 g/mol. The van der Waals surface area contributed by atoms with Gasteiger partial charge in [0, 0.05) is 36.0 Å². The van der Waals surface area contributed by atoms with E-state index >= 15 is 0 Å². The van der Waals surface area contributed by atoms with Gasteiger partial charge in [0.25, 0.3) is 5.91 Å². The Morgan fingerprint density at radius 2 is 1.89 bits per heavy atom. The maximum atomic E-state index is 12.4. The average Bonchev–Trinajstić information content (AvgIpc) is 3.21. The minimum Gasteiger partial charge on any atom is -0.341 e. The van der Waals surface area contributed by atoms with Crippen LogP contribution in [-0.4, -0.2) is 52.1 Å². The number of carbonyl (C=O) groups is 4. The minimum atomic E-state index is -0.425. The van der Waals surface area contributed by atoms with E-state index in [0.717, 1.165) is 5.75 Å². The zero-order valence-corrected chi connectivity index (χ0v) is 16.2. The fourth-order valence-corrected chi connectivity index (χ4v) is 4.16. The molecule has 2 atom stereocenters. The van der Waals surface area contributed by atoms with Crippen molar-refractivity contribution in [1.82, 2.24) is 10.2 Å². The van der Waals surface area contributed by atoms with Gasteiger partial charge in [-0.3, -0.25) is 19.2 Å². The van der Waals surface area contributed by atoms with Crippen LogP contribution in [0.2, 0.25) is 0 Å². The SMILES string of the molecule is CC(C)N1CC(C(=O)Nc2ccc(C(=O)NC3CCSC3=O)cc2)CC1=O. The Morgan fingerprint density at radius 1 is 1.19 bits per heavy atom. The second-order valence-electron chi connectivity index (χ2n) is 7.09. The lowest BCUT2D eigenvalue weighted by molar-refractivity contribution is -0.129. The molecule has 2 fully saturated rings. The average molecular weight is 389 g/mol. The summed E-state index contributed by atoms with van der Waals surface area (Å²) in [5.74, 6) is -0.141. The molecule has 0 saturated carbocycles. The summed E-state index contributed by atoms with van der Waals surface area (Å²) in [6, 6.07) is 6.17. The van der Waals surface area contributed by atoms with Crippen molar-refractivity contribution in [1.29, 1.82) is 0 Å². The third-order valence-corrected chi connectivity index (χ3v) is 5.82. The fraction of sp³-hybridized carbons (Fsp3) is 0.474. The molecule has 144 valence electrons. The van der Waals surface area contributed by atoms with E-state index < -0.39 is 6.04 Å². The summed E-state index contributed by atoms with van der Waals surface area (Å²) in [6.45, 7) is 4.29. The Balaban J connectivity index is 1.56. The highest BCUT2D eigenvalue weighted by Gasteiger charge is 2.35. The minimum absolute atomic E-state index is 0.00297. The molecule has 8 heteroatoms. The molecule has 0 aromatic heterocycles. The van der Waals surface area contributed by atoms with Crippen LogP contribution < -0.4 is 10.6 Å². The number of rotatable bonds is 5. The highest BCUT2D eigenvalue weighted by Crippen LogP contribution is 2.22. The van der Waals surface area contributed by atoms with Gasteiger partial charge >= 0.3 is 0 Å². The summed E-state index contributed by atoms with van der Waals surface area (Å²) in [5.41, 5.74) is 0.999. The first-order valence-electron chi connectivity index (χ1n) is 9.03. The van der Waals surface area contributed by atoms with Crippen LogP contribution in [0.1, 0.15) is 37.0 Å². The molecule has 0 aliphatic carbocycles. The fourth-order valence-electron chi connectivity index (χ4n) is 3.22. The van der Waals surface area contributed by atoms with Crippen LogP contribution in [0, 0.1) is 5.92 Å². The molecule has 2 unspecified atom stereocenters. The molecule has 3 amide bonds. The third kappa shape index (κ3) is 4.50. The van der Waals surface area contributed by atoms with Crippen LogP contribution >= 0.6 is 11.8 Å². The van der Waals surface area contributed by atoms with E-state index in [1.807, 2.05) is 13.8 Å². The zero-order valence-electron chi connectivity index (χ0n) is 15.4. The lowest BCUT2D eigenvalue weighted by atomic mass is 10.1. The molecule has 27 heavy (non-hydrogen) atoms. The van der Waals surface area contributed by atoms with Crippen molar-refractivity contribution in [2.24, 2.45) is 5.92 Å². The smallest absolute Gasteiger partial charge is 0.251 e. The number of nitrogens with one attached hydrogen (secondary N) is 2. The van der Waals surface area contributed by atoms with Gasteiger partial charge in [-0.1, -0.05) is 11.8 Å². The van der Waals surface area contributed by atoms with Gasteiger partial charge in [0.05, 0.1) is 12.0 Å². The predicted octanol–water partition coefficient (Wildman–Crippen LogP) is 1.64. The lowest BCUT2D eigenvalue weighted by Gasteiger charge is -2.20. The van der Waals surface area contributed by atoms with E-state index in [9.17, 15) is 19.2 Å². The van der Waals surface area contributed by atoms with Gasteiger partial charge in [-0.15, -0.1) is 0 Å². The van der Waals surface area contributed by atoms with Crippen LogP contribution in [0.15, 0.2) is 24.3 Å². The van der Waals surface area contributed by atoms with Gasteiger partial charge < -0.3 is 15.5 Å². The van der Waals surface area contributed by atoms with Gasteiger partial charge in [0.1, 0.15) is 0 Å². The van der Waals surface area contributed by atoms with E-state index in [-0.39, 0.29) is 41.2 Å². The van der Waals surface area contributed by atoms with Crippen molar-refractivity contribution >= 4 is 40.3 Å². The van der Waals surface area contributed by atoms with Crippen molar-refractivity contribution < 1.29 is 19.2 Å². The van der Waals surface area contributed by atoms with E-state index in [4.69, 9.17) is 0 Å². The Bertz CT molecular complexity index is 763. The number of likely N-dealkylation sites (tertiary alicyclic amines) is 1. The van der Waals surface area contributed by atoms with Crippen LogP contribution in [0.25, 0.3) is 0 Å². The second-order valence-corrected chi connectivity index (χ2v) is 8.19. The van der Waals surface area contributed by atoms with Crippen LogP contribution in [-0.2, 0) is 14.4 Å². The van der Waals surface area contributed by atoms with Crippen molar-refractivity contribution in [2.75, 3.05) is 17.6 Å². The number of carbonyl (C=O) groups excluding carboxylic acids is 4. The molecule has 7 nitrogen and oxygen atoms in total. The normalized spacial score (nSPS) is 22.4. The van der Waals surface area contributed by atoms with Crippen LogP contribution in [0.4, 0.5) is 5.69 Å². The summed E-state index contributed by atoms with van der Waals surface area (Å²) >= 11 is 1.24. The number of hydrogen-bond acceptors (Lipinski definition) is 5. The van der Waals surface area contributed by atoms with Crippen LogP contribution in [0.3, 0.4) is 0 Å². The number of anilines is 1. The highest BCUT2D eigenvalue weighted by molar-refractivity contribution is 8.14. The Morgan fingerprint density at radius 3 is 2.44 bits per heavy atom. The Hall–Kier alpha value is -2.35. The van der Waals surface area contributed by atoms with Gasteiger partial charge in [-0.2, -0.15) is 0 Å². The monoisotopic (exact) mass is 389 g/mol. The lowest BCUT2D eigenvalue weighted by Crippen LogP contribution is -2.37. The molecular formula is C19H23N3O4S. The predicted molar refractivity (Wildman–Crippen MR) is 103 cm³/mol. The summed E-state index contributed by atoms with van der Waals surface area (Å²) in [6.07, 6.45) is 0.870. The second kappa shape index (κ2) is 8.12. The number of thioether (sulfide) groups is 1. The standard InChI is InChI=1S/C19H23N3O4S/c1-11(2)22-10-13(9-16(22)23)18(25)20-14-5-3-12(4-6-14)17(24)21-15-7-8-27-19(15)26/h3-6,11,13,15H,7-10H2,1-2H3,(H,20,25)(H,21,24). The summed E-state index contributed by atoms with van der Waals surface area (Å²) in [7, 11) is 0. The molecule has 2 aliphatic rings. The molecule has 2 saturated heterocycles. The van der Waals surface area contributed by atoms with E-state index in [1.165, 1.54) is 11.8 Å². The first-order valence-corrected chi connectivity index (χ1v) is 10.0. The Kier molecular flexibility index (Phi) is 5.84. The van der Waals surface area contributed by atoms with E-state index in [0.29, 0.717) is 24.2 Å². The molecule has 0 radical (unpaired) electrons. The number of amides is 3. The first kappa shape index (κ1) is 19.4. The maximum absolute atomic E-state index is 12.4. The Labute approximate surface area is 162 Å². The van der Waals surface area contributed by atoms with E-state index in [1.54, 1.807) is 29.2 Å². The number of hydrogen-bond donors (Lipinski definition) is 2. The maximum Gasteiger partial charge on any atom is 0.251 e. The van der Waals surface area contributed by atoms with Gasteiger partial charge in [-0.05, 0) is 44.5 Å². The van der Waals surface area contributed by atoms with E-state index in [2.05, 4.69) is 10.6 Å². The van der Waals surface area contributed by atoms with Crippen LogP contribution in [0.5, 0.6) is 0 Å². The number of nitrogens with zero attached hydrogens (tertiary/aromatic N) is 1. The van der Waals surface area contributed by atoms with Crippen molar-refractivity contribution in [3.8, 4) is 0 Å². The molecule has 2 heterocycles. The molecule has 3 rings (SSSR count). The van der Waals surface area contributed by atoms with Gasteiger partial charge in [-0.25, -0.2) is 0 Å². The highest BCUT2D eigenvalue weighted by atomic mass is 32.2. The van der Waals surface area contributed by atoms with Gasteiger partial charge in [0.15, 0.2) is 0 Å². The quantitative estimate of drug-likeness (QED) is 0.798.